The van der Waals surface area contributed by atoms with Crippen molar-refractivity contribution >= 4 is 17.5 Å². The molecule has 0 aliphatic rings. The molecule has 1 aromatic heterocycles. The molecule has 0 spiro atoms. The van der Waals surface area contributed by atoms with Crippen LogP contribution in [0.15, 0.2) is 36.5 Å². The van der Waals surface area contributed by atoms with E-state index in [2.05, 4.69) is 10.2 Å². The van der Waals surface area contributed by atoms with Crippen molar-refractivity contribution in [1.82, 2.24) is 10.2 Å². The van der Waals surface area contributed by atoms with E-state index in [0.717, 1.165) is 0 Å². The number of aliphatic hydroxyl groups is 1. The highest BCUT2D eigenvalue weighted by Crippen LogP contribution is 2.19. The molecule has 2 rings (SSSR count). The summed E-state index contributed by atoms with van der Waals surface area (Å²) in [6.07, 6.45) is 2.08. The van der Waals surface area contributed by atoms with Crippen LogP contribution in [0.3, 0.4) is 0 Å². The first-order valence-electron chi connectivity index (χ1n) is 5.93. The van der Waals surface area contributed by atoms with Crippen molar-refractivity contribution in [2.24, 2.45) is 0 Å². The van der Waals surface area contributed by atoms with Crippen LogP contribution in [0.2, 0.25) is 0 Å². The number of halogens is 1. The first-order valence-corrected chi connectivity index (χ1v) is 5.93. The Hall–Kier alpha value is -2.96. The Morgan fingerprint density at radius 2 is 1.95 bits per heavy atom. The molecule has 0 fully saturated rings. The minimum Gasteiger partial charge on any atom is -0.506 e. The van der Waals surface area contributed by atoms with Gasteiger partial charge < -0.3 is 10.2 Å². The van der Waals surface area contributed by atoms with Gasteiger partial charge in [-0.15, -0.1) is 0 Å². The Bertz CT molecular complexity index is 721. The molecule has 0 radical (unpaired) electrons. The Kier molecular flexibility index (Phi) is 4.13. The van der Waals surface area contributed by atoms with Gasteiger partial charge in [0, 0.05) is 18.1 Å². The summed E-state index contributed by atoms with van der Waals surface area (Å²) in [6, 6.07) is 6.11. The number of nitrogens with zero attached hydrogens (tertiary/aromatic N) is 1. The number of nitrogens with one attached hydrogen (secondary N) is 1. The summed E-state index contributed by atoms with van der Waals surface area (Å²) in [6.45, 7) is 0. The van der Waals surface area contributed by atoms with Gasteiger partial charge in [0.15, 0.2) is 0 Å². The Balaban J connectivity index is 2.29. The number of benzene rings is 1. The Morgan fingerprint density at radius 1 is 1.24 bits per heavy atom. The average molecular weight is 290 g/mol. The van der Waals surface area contributed by atoms with E-state index in [-0.39, 0.29) is 12.1 Å². The van der Waals surface area contributed by atoms with Crippen LogP contribution in [-0.4, -0.2) is 32.2 Å². The van der Waals surface area contributed by atoms with E-state index in [1.165, 1.54) is 12.3 Å². The van der Waals surface area contributed by atoms with Crippen LogP contribution in [0.1, 0.15) is 16.8 Å². The zero-order chi connectivity index (χ0) is 15.4. The summed E-state index contributed by atoms with van der Waals surface area (Å²) in [5, 5.41) is 24.4. The van der Waals surface area contributed by atoms with Crippen LogP contribution in [0, 0.1) is 5.82 Å². The molecule has 7 heteroatoms. The average Bonchev–Trinajstić information content (AvgIpc) is 2.89. The molecule has 0 bridgehead atoms. The fraction of sp³-hybridized carbons (Fsp3) is 0.0714. The molecule has 6 nitrogen and oxygen atoms in total. The van der Waals surface area contributed by atoms with Crippen LogP contribution in [0.25, 0.3) is 5.76 Å². The topological polar surface area (TPSA) is 103 Å². The first-order chi connectivity index (χ1) is 9.99. The highest BCUT2D eigenvalue weighted by Gasteiger charge is 2.15. The van der Waals surface area contributed by atoms with Gasteiger partial charge in [0.25, 0.3) is 5.78 Å². The summed E-state index contributed by atoms with van der Waals surface area (Å²) in [7, 11) is 0. The second kappa shape index (κ2) is 6.00. The van der Waals surface area contributed by atoms with Gasteiger partial charge >= 0.3 is 5.97 Å². The molecule has 0 atom stereocenters. The summed E-state index contributed by atoms with van der Waals surface area (Å²) < 4.78 is 13.6. The largest absolute Gasteiger partial charge is 0.506 e. The number of carboxylic acid groups (broad SMARTS) is 1. The second-order valence-corrected chi connectivity index (χ2v) is 4.24. The molecule has 0 aliphatic heterocycles. The third kappa shape index (κ3) is 3.33. The monoisotopic (exact) mass is 290 g/mol. The first kappa shape index (κ1) is 14.4. The van der Waals surface area contributed by atoms with Crippen molar-refractivity contribution in [2.75, 3.05) is 0 Å². The van der Waals surface area contributed by atoms with Crippen molar-refractivity contribution in [1.29, 1.82) is 0 Å². The fourth-order valence-electron chi connectivity index (χ4n) is 1.77. The number of carboxylic acids is 1. The lowest BCUT2D eigenvalue weighted by Gasteiger charge is -2.04. The van der Waals surface area contributed by atoms with E-state index < -0.39 is 23.3 Å². The van der Waals surface area contributed by atoms with E-state index in [0.29, 0.717) is 17.2 Å². The Labute approximate surface area is 118 Å². The lowest BCUT2D eigenvalue weighted by atomic mass is 10.0. The quantitative estimate of drug-likeness (QED) is 0.441. The third-order valence-corrected chi connectivity index (χ3v) is 2.79. The molecule has 0 amide bonds. The number of aliphatic carboxylic acids is 1. The summed E-state index contributed by atoms with van der Waals surface area (Å²) >= 11 is 0. The maximum Gasteiger partial charge on any atom is 0.376 e. The third-order valence-electron chi connectivity index (χ3n) is 2.79. The Morgan fingerprint density at radius 3 is 2.62 bits per heavy atom. The number of hydrogen-bond acceptors (Lipinski definition) is 4. The van der Waals surface area contributed by atoms with Gasteiger partial charge in [-0.1, -0.05) is 18.2 Å². The number of hydrogen-bond donors (Lipinski definition) is 3. The van der Waals surface area contributed by atoms with Crippen molar-refractivity contribution in [2.45, 2.75) is 6.42 Å². The molecule has 1 aromatic carbocycles. The molecule has 108 valence electrons. The van der Waals surface area contributed by atoms with Crippen molar-refractivity contribution in [3.8, 4) is 0 Å². The SMILES string of the molecule is O=C(O)C(=O)C=C(O)c1[nH]ncc1Cc1ccccc1F. The molecular weight excluding hydrogens is 279 g/mol. The lowest BCUT2D eigenvalue weighted by Crippen LogP contribution is -2.10. The number of H-pyrrole nitrogens is 1. The number of carbonyl (C=O) groups is 2. The molecular formula is C14H11FN2O4. The summed E-state index contributed by atoms with van der Waals surface area (Å²) in [5.41, 5.74) is 0.900. The molecule has 0 saturated carbocycles. The van der Waals surface area contributed by atoms with Gasteiger partial charge in [-0.3, -0.25) is 9.89 Å². The van der Waals surface area contributed by atoms with E-state index in [1.54, 1.807) is 18.2 Å². The molecule has 0 aliphatic carbocycles. The van der Waals surface area contributed by atoms with E-state index in [9.17, 15) is 19.1 Å². The highest BCUT2D eigenvalue weighted by molar-refractivity contribution is 6.38. The molecule has 3 N–H and O–H groups in total. The van der Waals surface area contributed by atoms with E-state index in [1.807, 2.05) is 0 Å². The maximum atomic E-state index is 13.6. The zero-order valence-corrected chi connectivity index (χ0v) is 10.7. The summed E-state index contributed by atoms with van der Waals surface area (Å²) in [5.74, 6) is -3.92. The molecule has 21 heavy (non-hydrogen) atoms. The molecule has 0 unspecified atom stereocenters. The highest BCUT2D eigenvalue weighted by atomic mass is 19.1. The predicted molar refractivity (Wildman–Crippen MR) is 71.0 cm³/mol. The number of rotatable bonds is 5. The van der Waals surface area contributed by atoms with Crippen LogP contribution in [-0.2, 0) is 16.0 Å². The van der Waals surface area contributed by atoms with Crippen LogP contribution in [0.4, 0.5) is 4.39 Å². The molecule has 2 aromatic rings. The maximum absolute atomic E-state index is 13.6. The lowest BCUT2D eigenvalue weighted by molar-refractivity contribution is -0.146. The van der Waals surface area contributed by atoms with Gasteiger partial charge in [0.05, 0.1) is 6.20 Å². The standard InChI is InChI=1S/C14H11FN2O4/c15-10-4-2-1-3-8(10)5-9-7-16-17-13(9)11(18)6-12(19)14(20)21/h1-4,6-7,18H,5H2,(H,16,17)(H,20,21). The van der Waals surface area contributed by atoms with Crippen molar-refractivity contribution < 1.29 is 24.2 Å². The predicted octanol–water partition coefficient (Wildman–Crippen LogP) is 1.69. The number of aromatic amines is 1. The van der Waals surface area contributed by atoms with Crippen molar-refractivity contribution in [3.63, 3.8) is 0 Å². The normalized spacial score (nSPS) is 11.4. The van der Waals surface area contributed by atoms with Crippen LogP contribution >= 0.6 is 0 Å². The van der Waals surface area contributed by atoms with Crippen LogP contribution in [0.5, 0.6) is 0 Å². The zero-order valence-electron chi connectivity index (χ0n) is 10.7. The number of ketones is 1. The van der Waals surface area contributed by atoms with Crippen molar-refractivity contribution in [3.05, 3.63) is 59.2 Å². The van der Waals surface area contributed by atoms with E-state index >= 15 is 0 Å². The second-order valence-electron chi connectivity index (χ2n) is 4.24. The van der Waals surface area contributed by atoms with Gasteiger partial charge in [-0.25, -0.2) is 9.18 Å². The smallest absolute Gasteiger partial charge is 0.376 e. The minimum absolute atomic E-state index is 0.0767. The van der Waals surface area contributed by atoms with Crippen LogP contribution < -0.4 is 0 Å². The minimum atomic E-state index is -1.68. The van der Waals surface area contributed by atoms with Gasteiger partial charge in [-0.2, -0.15) is 5.10 Å². The summed E-state index contributed by atoms with van der Waals surface area (Å²) in [4.78, 5) is 21.5. The fourth-order valence-corrected chi connectivity index (χ4v) is 1.77. The number of carbonyl (C=O) groups excluding carboxylic acids is 1. The van der Waals surface area contributed by atoms with Gasteiger partial charge in [-0.05, 0) is 11.6 Å². The number of aromatic nitrogens is 2. The molecule has 1 heterocycles. The number of aliphatic hydroxyl groups excluding tert-OH is 1. The van der Waals surface area contributed by atoms with E-state index in [4.69, 9.17) is 5.11 Å². The molecule has 0 saturated heterocycles. The van der Waals surface area contributed by atoms with Gasteiger partial charge in [0.1, 0.15) is 17.3 Å². The van der Waals surface area contributed by atoms with Gasteiger partial charge in [0.2, 0.25) is 0 Å².